The summed E-state index contributed by atoms with van der Waals surface area (Å²) in [5, 5.41) is 7.33. The number of carbonyl (C=O) groups excluding carboxylic acids is 1. The van der Waals surface area contributed by atoms with E-state index in [1.165, 1.54) is 6.92 Å². The first kappa shape index (κ1) is 14.5. The van der Waals surface area contributed by atoms with Crippen molar-refractivity contribution in [2.45, 2.75) is 13.3 Å². The molecule has 0 aliphatic carbocycles. The molecule has 21 heavy (non-hydrogen) atoms. The van der Waals surface area contributed by atoms with Gasteiger partial charge in [-0.15, -0.1) is 10.2 Å². The lowest BCUT2D eigenvalue weighted by atomic mass is 10.1. The summed E-state index contributed by atoms with van der Waals surface area (Å²) in [7, 11) is 1.58. The number of methoxy groups -OCH3 is 1. The third-order valence-electron chi connectivity index (χ3n) is 2.70. The molecule has 2 aromatic rings. The van der Waals surface area contributed by atoms with Gasteiger partial charge in [0, 0.05) is 0 Å². The average Bonchev–Trinajstić information content (AvgIpc) is 2.49. The second kappa shape index (κ2) is 6.51. The van der Waals surface area contributed by atoms with Crippen LogP contribution in [0.2, 0.25) is 0 Å². The highest BCUT2D eigenvalue weighted by molar-refractivity contribution is 5.79. The molecular weight excluding hydrogens is 274 g/mol. The zero-order chi connectivity index (χ0) is 15.2. The summed E-state index contributed by atoms with van der Waals surface area (Å²) in [4.78, 5) is 25.5. The molecular formula is C13H15N5O3. The van der Waals surface area contributed by atoms with Crippen molar-refractivity contribution < 1.29 is 9.53 Å². The smallest absolute Gasteiger partial charge is 0.274 e. The molecule has 0 fully saturated rings. The summed E-state index contributed by atoms with van der Waals surface area (Å²) in [6, 6.07) is 7.15. The van der Waals surface area contributed by atoms with Crippen LogP contribution in [-0.4, -0.2) is 28.2 Å². The van der Waals surface area contributed by atoms with Gasteiger partial charge in [0.15, 0.2) is 0 Å². The van der Waals surface area contributed by atoms with Crippen molar-refractivity contribution in [2.24, 2.45) is 0 Å². The van der Waals surface area contributed by atoms with E-state index in [1.54, 1.807) is 31.4 Å². The van der Waals surface area contributed by atoms with Crippen LogP contribution in [0.25, 0.3) is 0 Å². The largest absolute Gasteiger partial charge is 0.497 e. The lowest BCUT2D eigenvalue weighted by Gasteiger charge is -2.07. The van der Waals surface area contributed by atoms with E-state index in [2.05, 4.69) is 26.0 Å². The lowest BCUT2D eigenvalue weighted by Crippen LogP contribution is -2.33. The van der Waals surface area contributed by atoms with E-state index < -0.39 is 0 Å². The Labute approximate surface area is 120 Å². The summed E-state index contributed by atoms with van der Waals surface area (Å²) >= 11 is 0. The SMILES string of the molecule is COc1ccc(CC(=O)NNc2nnc(C)c(=O)[nH]2)cc1. The Morgan fingerprint density at radius 1 is 1.29 bits per heavy atom. The van der Waals surface area contributed by atoms with E-state index in [1.807, 2.05) is 0 Å². The Kier molecular flexibility index (Phi) is 4.50. The fourth-order valence-corrected chi connectivity index (χ4v) is 1.55. The predicted molar refractivity (Wildman–Crippen MR) is 75.9 cm³/mol. The number of amides is 1. The molecule has 0 spiro atoms. The van der Waals surface area contributed by atoms with Gasteiger partial charge in [0.25, 0.3) is 5.56 Å². The number of benzene rings is 1. The maximum atomic E-state index is 11.7. The lowest BCUT2D eigenvalue weighted by molar-refractivity contribution is -0.119. The molecule has 8 nitrogen and oxygen atoms in total. The van der Waals surface area contributed by atoms with Gasteiger partial charge in [-0.2, -0.15) is 0 Å². The third kappa shape index (κ3) is 4.03. The number of nitrogens with one attached hydrogen (secondary N) is 3. The summed E-state index contributed by atoms with van der Waals surface area (Å²) in [6.07, 6.45) is 0.181. The Balaban J connectivity index is 1.89. The van der Waals surface area contributed by atoms with Crippen LogP contribution in [0, 0.1) is 6.92 Å². The van der Waals surface area contributed by atoms with Gasteiger partial charge < -0.3 is 4.74 Å². The Bertz CT molecular complexity index is 681. The number of hydrogen-bond donors (Lipinski definition) is 3. The molecule has 110 valence electrons. The average molecular weight is 289 g/mol. The molecule has 1 aromatic carbocycles. The Morgan fingerprint density at radius 2 is 2.00 bits per heavy atom. The minimum Gasteiger partial charge on any atom is -0.497 e. The summed E-state index contributed by atoms with van der Waals surface area (Å²) in [6.45, 7) is 1.54. The highest BCUT2D eigenvalue weighted by atomic mass is 16.5. The Hall–Kier alpha value is -2.90. The molecule has 0 bridgehead atoms. The van der Waals surface area contributed by atoms with Crippen LogP contribution in [0.1, 0.15) is 11.3 Å². The number of rotatable bonds is 5. The van der Waals surface area contributed by atoms with Crippen LogP contribution in [0.15, 0.2) is 29.1 Å². The van der Waals surface area contributed by atoms with Gasteiger partial charge in [0.2, 0.25) is 11.9 Å². The molecule has 8 heteroatoms. The molecule has 3 N–H and O–H groups in total. The van der Waals surface area contributed by atoms with Gasteiger partial charge in [-0.3, -0.25) is 25.4 Å². The number of nitrogens with zero attached hydrogens (tertiary/aromatic N) is 2. The fourth-order valence-electron chi connectivity index (χ4n) is 1.55. The molecule has 0 unspecified atom stereocenters. The van der Waals surface area contributed by atoms with Gasteiger partial charge in [-0.05, 0) is 24.6 Å². The highest BCUT2D eigenvalue weighted by Gasteiger charge is 2.05. The molecule has 0 atom stereocenters. The predicted octanol–water partition coefficient (Wildman–Crippen LogP) is 0.168. The van der Waals surface area contributed by atoms with E-state index in [0.29, 0.717) is 0 Å². The van der Waals surface area contributed by atoms with Crippen molar-refractivity contribution in [2.75, 3.05) is 12.5 Å². The monoisotopic (exact) mass is 289 g/mol. The van der Waals surface area contributed by atoms with E-state index in [9.17, 15) is 9.59 Å². The first-order chi connectivity index (χ1) is 10.1. The van der Waals surface area contributed by atoms with Gasteiger partial charge in [0.1, 0.15) is 11.4 Å². The minimum absolute atomic E-state index is 0.0775. The zero-order valence-electron chi connectivity index (χ0n) is 11.6. The minimum atomic E-state index is -0.364. The molecule has 0 aliphatic rings. The van der Waals surface area contributed by atoms with Crippen LogP contribution in [-0.2, 0) is 11.2 Å². The quantitative estimate of drug-likeness (QED) is 0.677. The number of aromatic amines is 1. The van der Waals surface area contributed by atoms with Crippen molar-refractivity contribution >= 4 is 11.9 Å². The van der Waals surface area contributed by atoms with Gasteiger partial charge in [-0.25, -0.2) is 0 Å². The molecule has 0 saturated carbocycles. The summed E-state index contributed by atoms with van der Waals surface area (Å²) in [5.74, 6) is 0.529. The first-order valence-electron chi connectivity index (χ1n) is 6.20. The van der Waals surface area contributed by atoms with Crippen molar-refractivity contribution in [3.8, 4) is 5.75 Å². The van der Waals surface area contributed by atoms with Gasteiger partial charge in [0.05, 0.1) is 13.5 Å². The Morgan fingerprint density at radius 3 is 2.62 bits per heavy atom. The van der Waals surface area contributed by atoms with Crippen molar-refractivity contribution in [3.05, 3.63) is 45.9 Å². The maximum Gasteiger partial charge on any atom is 0.274 e. The molecule has 2 rings (SSSR count). The molecule has 0 aliphatic heterocycles. The number of hydrogen-bond acceptors (Lipinski definition) is 6. The molecule has 1 amide bonds. The number of hydrazine groups is 1. The van der Waals surface area contributed by atoms with Crippen LogP contribution in [0.5, 0.6) is 5.75 Å². The number of H-pyrrole nitrogens is 1. The first-order valence-corrected chi connectivity index (χ1v) is 6.20. The van der Waals surface area contributed by atoms with Gasteiger partial charge >= 0.3 is 0 Å². The maximum absolute atomic E-state index is 11.7. The van der Waals surface area contributed by atoms with Crippen LogP contribution in [0.3, 0.4) is 0 Å². The molecule has 0 radical (unpaired) electrons. The normalized spacial score (nSPS) is 10.0. The van der Waals surface area contributed by atoms with Crippen LogP contribution in [0.4, 0.5) is 5.95 Å². The zero-order valence-corrected chi connectivity index (χ0v) is 11.6. The number of anilines is 1. The third-order valence-corrected chi connectivity index (χ3v) is 2.70. The van der Waals surface area contributed by atoms with E-state index in [4.69, 9.17) is 4.74 Å². The van der Waals surface area contributed by atoms with Crippen molar-refractivity contribution in [1.82, 2.24) is 20.6 Å². The number of ether oxygens (including phenoxy) is 1. The summed E-state index contributed by atoms with van der Waals surface area (Å²) in [5.41, 5.74) is 5.65. The van der Waals surface area contributed by atoms with Crippen LogP contribution < -0.4 is 21.1 Å². The van der Waals surface area contributed by atoms with E-state index in [-0.39, 0.29) is 29.5 Å². The van der Waals surface area contributed by atoms with E-state index in [0.717, 1.165) is 11.3 Å². The topological polar surface area (TPSA) is 109 Å². The number of aryl methyl sites for hydroxylation is 1. The second-order valence-corrected chi connectivity index (χ2v) is 4.29. The molecule has 1 aromatic heterocycles. The van der Waals surface area contributed by atoms with E-state index >= 15 is 0 Å². The van der Waals surface area contributed by atoms with Crippen molar-refractivity contribution in [3.63, 3.8) is 0 Å². The van der Waals surface area contributed by atoms with Crippen molar-refractivity contribution in [1.29, 1.82) is 0 Å². The second-order valence-electron chi connectivity index (χ2n) is 4.29. The summed E-state index contributed by atoms with van der Waals surface area (Å²) < 4.78 is 5.04. The number of carbonyl (C=O) groups is 1. The fraction of sp³-hybridized carbons (Fsp3) is 0.231. The number of aromatic nitrogens is 3. The van der Waals surface area contributed by atoms with Gasteiger partial charge in [-0.1, -0.05) is 12.1 Å². The molecule has 0 saturated heterocycles. The van der Waals surface area contributed by atoms with Crippen LogP contribution >= 0.6 is 0 Å². The molecule has 1 heterocycles. The highest BCUT2D eigenvalue weighted by Crippen LogP contribution is 2.11. The standard InChI is InChI=1S/C13H15N5O3/c1-8-12(20)14-13(17-15-8)18-16-11(19)7-9-3-5-10(21-2)6-4-9/h3-6H,7H2,1-2H3,(H,16,19)(H2,14,17,18,20).